The molecule has 2 heterocycles. The van der Waals surface area contributed by atoms with Crippen LogP contribution in [0.2, 0.25) is 0 Å². The molecule has 1 saturated heterocycles. The third-order valence-electron chi connectivity index (χ3n) is 3.53. The van der Waals surface area contributed by atoms with Crippen LogP contribution in [0.5, 0.6) is 0 Å². The van der Waals surface area contributed by atoms with Gasteiger partial charge in [0, 0.05) is 12.1 Å². The van der Waals surface area contributed by atoms with Gasteiger partial charge in [0.15, 0.2) is 17.9 Å². The molecule has 0 bridgehead atoms. The zero-order valence-corrected chi connectivity index (χ0v) is 11.9. The molecule has 1 aromatic heterocycles. The molecule has 2 aromatic rings. The van der Waals surface area contributed by atoms with E-state index in [1.807, 2.05) is 6.92 Å². The van der Waals surface area contributed by atoms with Crippen molar-refractivity contribution in [3.63, 3.8) is 0 Å². The summed E-state index contributed by atoms with van der Waals surface area (Å²) in [5.41, 5.74) is -0.322. The van der Waals surface area contributed by atoms with E-state index in [2.05, 4.69) is 10.5 Å². The Hall–Kier alpha value is -1.77. The normalized spacial score (nSPS) is 17.3. The second kappa shape index (κ2) is 6.15. The maximum Gasteiger partial charge on any atom is 0.207 e. The number of anilines is 1. The quantitative estimate of drug-likeness (QED) is 0.882. The van der Waals surface area contributed by atoms with Gasteiger partial charge in [-0.2, -0.15) is 4.39 Å². The van der Waals surface area contributed by atoms with E-state index in [0.29, 0.717) is 19.6 Å². The Bertz CT molecular complexity index is 670. The van der Waals surface area contributed by atoms with Crippen LogP contribution in [0.1, 0.15) is 25.2 Å². The fourth-order valence-corrected chi connectivity index (χ4v) is 2.23. The highest BCUT2D eigenvalue weighted by molar-refractivity contribution is 5.89. The van der Waals surface area contributed by atoms with E-state index in [1.165, 1.54) is 6.07 Å². The Morgan fingerprint density at radius 3 is 2.77 bits per heavy atom. The van der Waals surface area contributed by atoms with E-state index in [4.69, 9.17) is 14.0 Å². The minimum atomic E-state index is -1.14. The first kappa shape index (κ1) is 15.1. The summed E-state index contributed by atoms with van der Waals surface area (Å²) in [6, 6.07) is 1.39. The zero-order valence-electron chi connectivity index (χ0n) is 11.9. The van der Waals surface area contributed by atoms with Crippen molar-refractivity contribution in [1.82, 2.24) is 5.16 Å². The van der Waals surface area contributed by atoms with Crippen molar-refractivity contribution >= 4 is 16.8 Å². The van der Waals surface area contributed by atoms with Gasteiger partial charge in [0.2, 0.25) is 11.4 Å². The van der Waals surface area contributed by atoms with E-state index in [1.54, 1.807) is 0 Å². The number of aromatic nitrogens is 1. The fraction of sp³-hybridized carbons (Fsp3) is 0.500. The first-order chi connectivity index (χ1) is 10.6. The van der Waals surface area contributed by atoms with E-state index < -0.39 is 24.0 Å². The van der Waals surface area contributed by atoms with Crippen molar-refractivity contribution in [2.75, 3.05) is 25.1 Å². The molecule has 0 unspecified atom stereocenters. The Morgan fingerprint density at radius 1 is 1.36 bits per heavy atom. The number of halogens is 2. The molecule has 0 aliphatic carbocycles. The second-order valence-electron chi connectivity index (χ2n) is 5.02. The molecule has 1 aliphatic rings. The highest BCUT2D eigenvalue weighted by Gasteiger charge is 2.28. The van der Waals surface area contributed by atoms with Crippen LogP contribution >= 0.6 is 0 Å². The van der Waals surface area contributed by atoms with E-state index in [9.17, 15) is 13.9 Å². The summed E-state index contributed by atoms with van der Waals surface area (Å²) in [6.07, 6.45) is -0.957. The van der Waals surface area contributed by atoms with Crippen LogP contribution in [0.15, 0.2) is 10.6 Å². The highest BCUT2D eigenvalue weighted by atomic mass is 19.2. The maximum atomic E-state index is 14.1. The van der Waals surface area contributed by atoms with Crippen molar-refractivity contribution in [3.05, 3.63) is 23.3 Å². The highest BCUT2D eigenvalue weighted by Crippen LogP contribution is 2.34. The van der Waals surface area contributed by atoms with Crippen LogP contribution in [0.25, 0.3) is 11.0 Å². The second-order valence-corrected chi connectivity index (χ2v) is 5.02. The van der Waals surface area contributed by atoms with Crippen LogP contribution < -0.4 is 5.32 Å². The molecule has 6 nitrogen and oxygen atoms in total. The number of hydrogen-bond donors (Lipinski definition) is 2. The third-order valence-corrected chi connectivity index (χ3v) is 3.53. The number of aliphatic hydroxyl groups is 1. The standard InChI is InChI=1S/C14H16F2N2O4/c1-2-7(19)6-17-13-9-5-8(14-20-3-4-21-14)10(15)11(16)12(9)22-18-13/h5,7,14,19H,2-4,6H2,1H3,(H,17,18)/t7-/m0/s1. The Kier molecular flexibility index (Phi) is 4.23. The number of nitrogens with one attached hydrogen (secondary N) is 1. The molecule has 8 heteroatoms. The van der Waals surface area contributed by atoms with Crippen molar-refractivity contribution in [1.29, 1.82) is 0 Å². The monoisotopic (exact) mass is 314 g/mol. The number of rotatable bonds is 5. The molecular weight excluding hydrogens is 298 g/mol. The molecule has 1 aromatic carbocycles. The molecule has 1 atom stereocenters. The lowest BCUT2D eigenvalue weighted by atomic mass is 10.1. The van der Waals surface area contributed by atoms with Crippen molar-refractivity contribution in [2.45, 2.75) is 25.7 Å². The molecule has 0 radical (unpaired) electrons. The maximum absolute atomic E-state index is 14.1. The minimum Gasteiger partial charge on any atom is -0.391 e. The molecule has 2 N–H and O–H groups in total. The van der Waals surface area contributed by atoms with Gasteiger partial charge in [-0.3, -0.25) is 0 Å². The number of nitrogens with zero attached hydrogens (tertiary/aromatic N) is 1. The van der Waals surface area contributed by atoms with Gasteiger partial charge in [-0.05, 0) is 12.5 Å². The molecular formula is C14H16F2N2O4. The summed E-state index contributed by atoms with van der Waals surface area (Å²) < 4.78 is 43.5. The SMILES string of the molecule is CC[C@H](O)CNc1noc2c(F)c(F)c(C3OCCO3)cc12. The molecule has 120 valence electrons. The Morgan fingerprint density at radius 2 is 2.09 bits per heavy atom. The zero-order chi connectivity index (χ0) is 15.7. The van der Waals surface area contributed by atoms with E-state index in [0.717, 1.165) is 0 Å². The summed E-state index contributed by atoms with van der Waals surface area (Å²) in [4.78, 5) is 0. The summed E-state index contributed by atoms with van der Waals surface area (Å²) in [5, 5.41) is 16.4. The fourth-order valence-electron chi connectivity index (χ4n) is 2.23. The largest absolute Gasteiger partial charge is 0.391 e. The molecule has 0 spiro atoms. The first-order valence-electron chi connectivity index (χ1n) is 7.04. The van der Waals surface area contributed by atoms with Gasteiger partial charge in [-0.1, -0.05) is 12.1 Å². The van der Waals surface area contributed by atoms with Gasteiger partial charge in [0.1, 0.15) is 0 Å². The predicted molar refractivity (Wildman–Crippen MR) is 73.4 cm³/mol. The van der Waals surface area contributed by atoms with Crippen LogP contribution in [0, 0.1) is 11.6 Å². The number of fused-ring (bicyclic) bond motifs is 1. The number of benzene rings is 1. The predicted octanol–water partition coefficient (Wildman–Crippen LogP) is 2.33. The molecule has 1 aliphatic heterocycles. The molecule has 0 amide bonds. The average molecular weight is 314 g/mol. The summed E-state index contributed by atoms with van der Waals surface area (Å²) in [5.74, 6) is -1.97. The molecule has 22 heavy (non-hydrogen) atoms. The number of ether oxygens (including phenoxy) is 2. The van der Waals surface area contributed by atoms with Gasteiger partial charge < -0.3 is 24.4 Å². The summed E-state index contributed by atoms with van der Waals surface area (Å²) in [7, 11) is 0. The van der Waals surface area contributed by atoms with Crippen molar-refractivity contribution < 1.29 is 27.9 Å². The first-order valence-corrected chi connectivity index (χ1v) is 7.04. The lowest BCUT2D eigenvalue weighted by Crippen LogP contribution is -2.18. The minimum absolute atomic E-state index is 0.0372. The Balaban J connectivity index is 1.98. The number of aliphatic hydroxyl groups excluding tert-OH is 1. The number of hydrogen-bond acceptors (Lipinski definition) is 6. The smallest absolute Gasteiger partial charge is 0.207 e. The van der Waals surface area contributed by atoms with Crippen LogP contribution in [0.4, 0.5) is 14.6 Å². The third kappa shape index (κ3) is 2.65. The summed E-state index contributed by atoms with van der Waals surface area (Å²) in [6.45, 7) is 2.69. The molecule has 3 rings (SSSR count). The molecule has 0 saturated carbocycles. The van der Waals surface area contributed by atoms with Gasteiger partial charge in [0.25, 0.3) is 0 Å². The van der Waals surface area contributed by atoms with Gasteiger partial charge >= 0.3 is 0 Å². The van der Waals surface area contributed by atoms with E-state index >= 15 is 0 Å². The van der Waals surface area contributed by atoms with Crippen molar-refractivity contribution in [2.24, 2.45) is 0 Å². The lowest BCUT2D eigenvalue weighted by Gasteiger charge is -2.11. The molecule has 1 fully saturated rings. The average Bonchev–Trinajstić information content (AvgIpc) is 3.17. The van der Waals surface area contributed by atoms with Gasteiger partial charge in [0.05, 0.1) is 24.7 Å². The van der Waals surface area contributed by atoms with E-state index in [-0.39, 0.29) is 28.9 Å². The van der Waals surface area contributed by atoms with Crippen LogP contribution in [-0.4, -0.2) is 36.1 Å². The lowest BCUT2D eigenvalue weighted by molar-refractivity contribution is -0.0467. The van der Waals surface area contributed by atoms with Crippen LogP contribution in [0.3, 0.4) is 0 Å². The topological polar surface area (TPSA) is 76.8 Å². The summed E-state index contributed by atoms with van der Waals surface area (Å²) >= 11 is 0. The van der Waals surface area contributed by atoms with Gasteiger partial charge in [-0.25, -0.2) is 4.39 Å². The Labute approximate surface area is 125 Å². The van der Waals surface area contributed by atoms with Crippen LogP contribution in [-0.2, 0) is 9.47 Å². The van der Waals surface area contributed by atoms with Crippen molar-refractivity contribution in [3.8, 4) is 0 Å². The van der Waals surface area contributed by atoms with Gasteiger partial charge in [-0.15, -0.1) is 0 Å².